The zero-order valence-electron chi connectivity index (χ0n) is 15.8. The van der Waals surface area contributed by atoms with Crippen molar-refractivity contribution in [1.82, 2.24) is 15.8 Å². The second kappa shape index (κ2) is 8.38. The zero-order valence-corrected chi connectivity index (χ0v) is 15.8. The normalized spacial score (nSPS) is 26.2. The molecule has 2 aliphatic heterocycles. The number of rotatable bonds is 5. The van der Waals surface area contributed by atoms with Crippen LogP contribution in [0.25, 0.3) is 0 Å². The van der Waals surface area contributed by atoms with Gasteiger partial charge in [0.2, 0.25) is 0 Å². The Morgan fingerprint density at radius 3 is 2.93 bits per heavy atom. The van der Waals surface area contributed by atoms with Crippen molar-refractivity contribution in [3.05, 3.63) is 65.5 Å². The Morgan fingerprint density at radius 1 is 1.19 bits per heavy atom. The molecule has 0 aliphatic carbocycles. The van der Waals surface area contributed by atoms with Crippen LogP contribution >= 0.6 is 0 Å². The van der Waals surface area contributed by atoms with Crippen LogP contribution in [0.15, 0.2) is 48.5 Å². The van der Waals surface area contributed by atoms with Crippen molar-refractivity contribution in [2.75, 3.05) is 26.7 Å². The first-order valence-electron chi connectivity index (χ1n) is 9.82. The summed E-state index contributed by atoms with van der Waals surface area (Å²) in [6.07, 6.45) is 2.39. The topological polar surface area (TPSA) is 36.5 Å². The highest BCUT2D eigenvalue weighted by atomic mass is 19.1. The fourth-order valence-corrected chi connectivity index (χ4v) is 4.63. The van der Waals surface area contributed by atoms with Crippen molar-refractivity contribution in [1.29, 1.82) is 0 Å². The molecule has 0 radical (unpaired) electrons. The molecule has 2 aromatic rings. The van der Waals surface area contributed by atoms with Crippen molar-refractivity contribution < 1.29 is 9.13 Å². The van der Waals surface area contributed by atoms with Crippen LogP contribution in [0.4, 0.5) is 4.39 Å². The smallest absolute Gasteiger partial charge is 0.123 e. The van der Waals surface area contributed by atoms with E-state index in [-0.39, 0.29) is 5.82 Å². The molecule has 0 bridgehead atoms. The Hall–Kier alpha value is -1.95. The maximum Gasteiger partial charge on any atom is 0.123 e. The van der Waals surface area contributed by atoms with Crippen LogP contribution in [-0.4, -0.2) is 37.7 Å². The molecular weight excluding hydrogens is 341 g/mol. The first-order chi connectivity index (χ1) is 13.2. The molecule has 2 heterocycles. The average Bonchev–Trinajstić information content (AvgIpc) is 3.19. The summed E-state index contributed by atoms with van der Waals surface area (Å²) in [5, 5.41) is 0. The summed E-state index contributed by atoms with van der Waals surface area (Å²) in [6, 6.07) is 15.6. The molecule has 2 N–H and O–H groups in total. The van der Waals surface area contributed by atoms with E-state index < -0.39 is 0 Å². The molecule has 2 fully saturated rings. The Bertz CT molecular complexity index is 769. The Balaban J connectivity index is 1.46. The first-order valence-corrected chi connectivity index (χ1v) is 9.82. The third-order valence-electron chi connectivity index (χ3n) is 5.94. The van der Waals surface area contributed by atoms with E-state index in [2.05, 4.69) is 27.9 Å². The lowest BCUT2D eigenvalue weighted by Crippen LogP contribution is -2.46. The van der Waals surface area contributed by atoms with E-state index in [0.29, 0.717) is 17.9 Å². The number of hydrogen-bond acceptors (Lipinski definition) is 4. The number of piperidine rings is 1. The lowest BCUT2D eigenvalue weighted by Gasteiger charge is -2.37. The third-order valence-corrected chi connectivity index (χ3v) is 5.94. The van der Waals surface area contributed by atoms with Gasteiger partial charge in [0.25, 0.3) is 0 Å². The van der Waals surface area contributed by atoms with E-state index in [1.54, 1.807) is 13.2 Å². The summed E-state index contributed by atoms with van der Waals surface area (Å²) < 4.78 is 19.2. The quantitative estimate of drug-likeness (QED) is 0.848. The number of nitrogens with zero attached hydrogens (tertiary/aromatic N) is 1. The van der Waals surface area contributed by atoms with Crippen LogP contribution in [0.5, 0.6) is 5.75 Å². The molecular formula is C22H28FN3O. The monoisotopic (exact) mass is 369 g/mol. The largest absolute Gasteiger partial charge is 0.496 e. The van der Waals surface area contributed by atoms with Crippen LogP contribution < -0.4 is 15.6 Å². The first kappa shape index (κ1) is 18.4. The van der Waals surface area contributed by atoms with Crippen molar-refractivity contribution >= 4 is 0 Å². The molecule has 2 aromatic carbocycles. The highest BCUT2D eigenvalue weighted by Gasteiger charge is 2.36. The van der Waals surface area contributed by atoms with E-state index in [4.69, 9.17) is 4.74 Å². The van der Waals surface area contributed by atoms with Gasteiger partial charge in [-0.1, -0.05) is 30.3 Å². The van der Waals surface area contributed by atoms with Crippen molar-refractivity contribution in [3.63, 3.8) is 0 Å². The van der Waals surface area contributed by atoms with Crippen molar-refractivity contribution in [3.8, 4) is 5.75 Å². The molecule has 0 aromatic heterocycles. The van der Waals surface area contributed by atoms with Gasteiger partial charge < -0.3 is 4.74 Å². The summed E-state index contributed by atoms with van der Waals surface area (Å²) in [6.45, 7) is 3.91. The molecule has 2 saturated heterocycles. The number of methoxy groups -OCH3 is 1. The van der Waals surface area contributed by atoms with Gasteiger partial charge in [0.15, 0.2) is 0 Å². The maximum absolute atomic E-state index is 13.7. The predicted octanol–water partition coefficient (Wildman–Crippen LogP) is 3.31. The fourth-order valence-electron chi connectivity index (χ4n) is 4.63. The molecule has 0 amide bonds. The van der Waals surface area contributed by atoms with Gasteiger partial charge in [0.1, 0.15) is 11.6 Å². The molecule has 2 aliphatic rings. The van der Waals surface area contributed by atoms with E-state index in [9.17, 15) is 4.39 Å². The minimum atomic E-state index is -0.153. The average molecular weight is 369 g/mol. The van der Waals surface area contributed by atoms with Gasteiger partial charge in [-0.2, -0.15) is 0 Å². The van der Waals surface area contributed by atoms with Crippen LogP contribution in [0, 0.1) is 11.7 Å². The zero-order chi connectivity index (χ0) is 18.6. The molecule has 144 valence electrons. The van der Waals surface area contributed by atoms with Gasteiger partial charge in [0, 0.05) is 37.2 Å². The van der Waals surface area contributed by atoms with Gasteiger partial charge in [-0.05, 0) is 49.1 Å². The minimum Gasteiger partial charge on any atom is -0.496 e. The summed E-state index contributed by atoms with van der Waals surface area (Å²) in [5.41, 5.74) is 9.11. The number of halogens is 1. The molecule has 0 spiro atoms. The van der Waals surface area contributed by atoms with Gasteiger partial charge in [-0.3, -0.25) is 15.8 Å². The fraction of sp³-hybridized carbons (Fsp3) is 0.455. The highest BCUT2D eigenvalue weighted by Crippen LogP contribution is 2.32. The minimum absolute atomic E-state index is 0.153. The van der Waals surface area contributed by atoms with Crippen molar-refractivity contribution in [2.45, 2.75) is 31.3 Å². The SMILES string of the molecule is COc1ccccc1CN1CCCC(C2NNCC2c2cccc(F)c2)C1. The molecule has 5 heteroatoms. The third kappa shape index (κ3) is 4.15. The van der Waals surface area contributed by atoms with Crippen molar-refractivity contribution in [2.24, 2.45) is 5.92 Å². The molecule has 3 unspecified atom stereocenters. The van der Waals surface area contributed by atoms with E-state index >= 15 is 0 Å². The summed E-state index contributed by atoms with van der Waals surface area (Å²) in [7, 11) is 1.73. The van der Waals surface area contributed by atoms with E-state index in [1.165, 1.54) is 24.5 Å². The Labute approximate surface area is 160 Å². The lowest BCUT2D eigenvalue weighted by molar-refractivity contribution is 0.138. The van der Waals surface area contributed by atoms with Gasteiger partial charge in [-0.15, -0.1) is 0 Å². The molecule has 0 saturated carbocycles. The highest BCUT2D eigenvalue weighted by molar-refractivity contribution is 5.33. The van der Waals surface area contributed by atoms with E-state index in [1.807, 2.05) is 24.3 Å². The molecule has 27 heavy (non-hydrogen) atoms. The molecule has 4 nitrogen and oxygen atoms in total. The number of likely N-dealkylation sites (tertiary alicyclic amines) is 1. The van der Waals surface area contributed by atoms with Crippen LogP contribution in [0.3, 0.4) is 0 Å². The molecule has 3 atom stereocenters. The van der Waals surface area contributed by atoms with Crippen LogP contribution in [0.1, 0.15) is 29.9 Å². The number of para-hydroxylation sites is 1. The maximum atomic E-state index is 13.7. The summed E-state index contributed by atoms with van der Waals surface area (Å²) >= 11 is 0. The number of hydrazine groups is 1. The lowest BCUT2D eigenvalue weighted by atomic mass is 9.81. The predicted molar refractivity (Wildman–Crippen MR) is 105 cm³/mol. The second-order valence-corrected chi connectivity index (χ2v) is 7.66. The number of ether oxygens (including phenoxy) is 1. The second-order valence-electron chi connectivity index (χ2n) is 7.66. The van der Waals surface area contributed by atoms with Crippen LogP contribution in [-0.2, 0) is 6.54 Å². The standard InChI is InChI=1S/C22H28FN3O/c1-27-21-10-3-2-6-17(21)14-26-11-5-8-18(15-26)22-20(13-24-25-22)16-7-4-9-19(23)12-16/h2-4,6-7,9-10,12,18,20,22,24-25H,5,8,11,13-15H2,1H3. The van der Waals surface area contributed by atoms with Gasteiger partial charge in [0.05, 0.1) is 7.11 Å². The van der Waals surface area contributed by atoms with Gasteiger partial charge in [-0.25, -0.2) is 4.39 Å². The summed E-state index contributed by atoms with van der Waals surface area (Å²) in [5.74, 6) is 1.64. The van der Waals surface area contributed by atoms with Gasteiger partial charge >= 0.3 is 0 Å². The van der Waals surface area contributed by atoms with E-state index in [0.717, 1.165) is 37.5 Å². The number of hydrogen-bond donors (Lipinski definition) is 2. The summed E-state index contributed by atoms with van der Waals surface area (Å²) in [4.78, 5) is 2.52. The molecule has 4 rings (SSSR count). The Morgan fingerprint density at radius 2 is 2.07 bits per heavy atom. The Kier molecular flexibility index (Phi) is 5.72. The van der Waals surface area contributed by atoms with Crippen LogP contribution in [0.2, 0.25) is 0 Å². The number of benzene rings is 2. The number of nitrogens with one attached hydrogen (secondary N) is 2.